The molecule has 1 aromatic rings. The first-order valence-corrected chi connectivity index (χ1v) is 14.4. The van der Waals surface area contributed by atoms with Crippen molar-refractivity contribution in [1.82, 2.24) is 10.1 Å². The Balaban J connectivity index is 1.43. The summed E-state index contributed by atoms with van der Waals surface area (Å²) in [6.07, 6.45) is 2.13. The fraction of sp³-hybridized carbons (Fsp3) is 0.710. The van der Waals surface area contributed by atoms with Gasteiger partial charge in [-0.25, -0.2) is 4.79 Å². The van der Waals surface area contributed by atoms with E-state index in [0.717, 1.165) is 17.6 Å². The normalized spacial score (nSPS) is 40.5. The maximum atomic E-state index is 14.8. The van der Waals surface area contributed by atoms with Crippen LogP contribution < -0.4 is 0 Å². The van der Waals surface area contributed by atoms with Gasteiger partial charge in [0.15, 0.2) is 23.3 Å². The van der Waals surface area contributed by atoms with Crippen LogP contribution in [0.15, 0.2) is 27.8 Å². The van der Waals surface area contributed by atoms with Crippen LogP contribution in [-0.4, -0.2) is 64.3 Å². The van der Waals surface area contributed by atoms with Gasteiger partial charge >= 0.3 is 6.09 Å². The summed E-state index contributed by atoms with van der Waals surface area (Å²) in [7, 11) is 1.64. The summed E-state index contributed by atoms with van der Waals surface area (Å²) in [5, 5.41) is 17.1. The van der Waals surface area contributed by atoms with Gasteiger partial charge in [-0.2, -0.15) is 0 Å². The van der Waals surface area contributed by atoms with Gasteiger partial charge in [-0.15, -0.1) is 0 Å². The molecule has 9 heteroatoms. The van der Waals surface area contributed by atoms with Gasteiger partial charge in [0.2, 0.25) is 0 Å². The molecule has 3 fully saturated rings. The lowest BCUT2D eigenvalue weighted by Gasteiger charge is -2.52. The van der Waals surface area contributed by atoms with Crippen molar-refractivity contribution in [3.05, 3.63) is 40.3 Å². The number of carbonyl (C=O) groups is 2. The molecule has 1 aliphatic heterocycles. The quantitative estimate of drug-likeness (QED) is 0.544. The van der Waals surface area contributed by atoms with E-state index >= 15 is 0 Å². The SMILES string of the molecule is CC1=C[C@]23C(=O)[C@@H](C=C4COC(C)(C)O[C@H]4[C@]2(O)[C@H]1OC(=O)N(C)Cc1c(C)noc1C)[C@H]1[C@@H](C[C@H]3C)C1(C)C. The Kier molecular flexibility index (Phi) is 5.89. The predicted octanol–water partition coefficient (Wildman–Crippen LogP) is 4.49. The molecular weight excluding hydrogens is 512 g/mol. The second kappa shape index (κ2) is 8.52. The number of ether oxygens (including phenoxy) is 3. The number of rotatable bonds is 3. The van der Waals surface area contributed by atoms with E-state index in [1.165, 1.54) is 4.90 Å². The summed E-state index contributed by atoms with van der Waals surface area (Å²) in [5.41, 5.74) is -0.170. The highest BCUT2D eigenvalue weighted by atomic mass is 16.7. The van der Waals surface area contributed by atoms with Gasteiger partial charge in [0, 0.05) is 18.5 Å². The lowest BCUT2D eigenvalue weighted by atomic mass is 9.59. The molecule has 1 amide bonds. The van der Waals surface area contributed by atoms with Crippen LogP contribution in [0.5, 0.6) is 0 Å². The van der Waals surface area contributed by atoms with Crippen LogP contribution in [0.3, 0.4) is 0 Å². The van der Waals surface area contributed by atoms with E-state index in [0.29, 0.717) is 22.9 Å². The van der Waals surface area contributed by atoms with E-state index in [1.54, 1.807) is 14.0 Å². The first-order valence-electron chi connectivity index (χ1n) is 14.4. The van der Waals surface area contributed by atoms with Crippen LogP contribution in [0, 0.1) is 48.3 Å². The number of ketones is 1. The summed E-state index contributed by atoms with van der Waals surface area (Å²) < 4.78 is 24.0. The molecule has 0 radical (unpaired) electrons. The van der Waals surface area contributed by atoms with Crippen molar-refractivity contribution in [2.24, 2.45) is 34.5 Å². The monoisotopic (exact) mass is 554 g/mol. The number of amides is 1. The number of Topliss-reactive ketones (excluding diaryl/α,β-unsaturated/α-hetero) is 1. The summed E-state index contributed by atoms with van der Waals surface area (Å²) >= 11 is 0. The maximum absolute atomic E-state index is 14.8. The molecular formula is C31H42N2O7. The molecule has 9 nitrogen and oxygen atoms in total. The largest absolute Gasteiger partial charge is 0.438 e. The third-order valence-electron chi connectivity index (χ3n) is 10.8. The van der Waals surface area contributed by atoms with Crippen LogP contribution in [0.25, 0.3) is 0 Å². The summed E-state index contributed by atoms with van der Waals surface area (Å²) in [5.74, 6) is -0.377. The highest BCUT2D eigenvalue weighted by Gasteiger charge is 2.77. The van der Waals surface area contributed by atoms with Crippen molar-refractivity contribution in [1.29, 1.82) is 0 Å². The van der Waals surface area contributed by atoms with E-state index in [1.807, 2.05) is 39.8 Å². The Bertz CT molecular complexity index is 1320. The molecule has 1 saturated heterocycles. The molecule has 0 unspecified atom stereocenters. The van der Waals surface area contributed by atoms with Crippen molar-refractivity contribution in [2.45, 2.75) is 92.0 Å². The molecule has 2 heterocycles. The zero-order valence-electron chi connectivity index (χ0n) is 25.0. The molecule has 1 N–H and O–H groups in total. The number of fused-ring (bicyclic) bond motifs is 5. The first kappa shape index (κ1) is 27.7. The Labute approximate surface area is 235 Å². The fourth-order valence-electron chi connectivity index (χ4n) is 8.52. The average Bonchev–Trinajstić information content (AvgIpc) is 3.19. The van der Waals surface area contributed by atoms with E-state index in [4.69, 9.17) is 18.7 Å². The fourth-order valence-corrected chi connectivity index (χ4v) is 8.52. The third-order valence-corrected chi connectivity index (χ3v) is 10.8. The molecule has 1 spiro atoms. The van der Waals surface area contributed by atoms with Crippen molar-refractivity contribution >= 4 is 11.9 Å². The van der Waals surface area contributed by atoms with Crippen molar-refractivity contribution in [3.8, 4) is 0 Å². The Hall–Kier alpha value is -2.49. The lowest BCUT2D eigenvalue weighted by Crippen LogP contribution is -2.68. The molecule has 8 atom stereocenters. The number of aryl methyl sites for hydroxylation is 2. The Morgan fingerprint density at radius 3 is 2.58 bits per heavy atom. The number of hydrogen-bond acceptors (Lipinski definition) is 8. The van der Waals surface area contributed by atoms with E-state index in [-0.39, 0.29) is 42.1 Å². The van der Waals surface area contributed by atoms with E-state index in [2.05, 4.69) is 25.9 Å². The van der Waals surface area contributed by atoms with Gasteiger partial charge in [0.25, 0.3) is 0 Å². The zero-order chi connectivity index (χ0) is 29.2. The topological polar surface area (TPSA) is 111 Å². The van der Waals surface area contributed by atoms with Gasteiger partial charge in [-0.05, 0) is 75.4 Å². The summed E-state index contributed by atoms with van der Waals surface area (Å²) in [4.78, 5) is 29.8. The number of nitrogens with zero attached hydrogens (tertiary/aromatic N) is 2. The Morgan fingerprint density at radius 1 is 1.23 bits per heavy atom. The number of carbonyl (C=O) groups excluding carboxylic acids is 2. The second-order valence-corrected chi connectivity index (χ2v) is 13.9. The molecule has 2 saturated carbocycles. The van der Waals surface area contributed by atoms with Gasteiger partial charge in [0.1, 0.15) is 11.9 Å². The highest BCUT2D eigenvalue weighted by molar-refractivity contribution is 5.95. The number of allylic oxidation sites excluding steroid dienone is 1. The van der Waals surface area contributed by atoms with E-state index < -0.39 is 35.1 Å². The number of aromatic nitrogens is 1. The van der Waals surface area contributed by atoms with Gasteiger partial charge < -0.3 is 28.7 Å². The minimum atomic E-state index is -1.84. The zero-order valence-corrected chi connectivity index (χ0v) is 25.0. The maximum Gasteiger partial charge on any atom is 0.410 e. The molecule has 5 aliphatic rings. The Morgan fingerprint density at radius 2 is 1.93 bits per heavy atom. The van der Waals surface area contributed by atoms with Crippen LogP contribution in [-0.2, 0) is 25.5 Å². The van der Waals surface area contributed by atoms with Gasteiger partial charge in [-0.1, -0.05) is 38.1 Å². The molecule has 6 rings (SSSR count). The number of aliphatic hydroxyl groups is 1. The first-order chi connectivity index (χ1) is 18.6. The highest BCUT2D eigenvalue weighted by Crippen LogP contribution is 2.72. The van der Waals surface area contributed by atoms with E-state index in [9.17, 15) is 14.7 Å². The molecule has 2 bridgehead atoms. The minimum absolute atomic E-state index is 0.00847. The summed E-state index contributed by atoms with van der Waals surface area (Å²) in [6, 6.07) is 0. The summed E-state index contributed by atoms with van der Waals surface area (Å²) in [6.45, 7) is 16.1. The van der Waals surface area contributed by atoms with Gasteiger partial charge in [0.05, 0.1) is 24.3 Å². The van der Waals surface area contributed by atoms with Crippen LogP contribution >= 0.6 is 0 Å². The molecule has 0 aromatic carbocycles. The van der Waals surface area contributed by atoms with Crippen LogP contribution in [0.2, 0.25) is 0 Å². The van der Waals surface area contributed by atoms with Gasteiger partial charge in [-0.3, -0.25) is 4.79 Å². The molecule has 218 valence electrons. The lowest BCUT2D eigenvalue weighted by molar-refractivity contribution is -0.303. The van der Waals surface area contributed by atoms with Crippen molar-refractivity contribution in [2.75, 3.05) is 13.7 Å². The second-order valence-electron chi connectivity index (χ2n) is 13.9. The number of hydrogen-bond donors (Lipinski definition) is 1. The van der Waals surface area contributed by atoms with Crippen LogP contribution in [0.4, 0.5) is 4.79 Å². The smallest absolute Gasteiger partial charge is 0.410 e. The average molecular weight is 555 g/mol. The standard InChI is InChI=1S/C31H42N2O7/c1-15-12-30-16(2)10-22-23(28(22,5)6)20(24(30)34)11-19-14-37-29(7,8)39-26(19)31(30,36)25(15)38-27(35)33(9)13-21-17(3)32-40-18(21)4/h11-12,16,20,22-23,25-26,36H,10,13-14H2,1-9H3/t16-,20+,22-,23+,25+,26-,30+,31-/m1/s1. The third kappa shape index (κ3) is 3.53. The van der Waals surface area contributed by atoms with Crippen molar-refractivity contribution in [3.63, 3.8) is 0 Å². The molecule has 40 heavy (non-hydrogen) atoms. The van der Waals surface area contributed by atoms with Crippen LogP contribution in [0.1, 0.15) is 65.0 Å². The predicted molar refractivity (Wildman–Crippen MR) is 145 cm³/mol. The molecule has 1 aromatic heterocycles. The minimum Gasteiger partial charge on any atom is -0.438 e. The molecule has 4 aliphatic carbocycles. The van der Waals surface area contributed by atoms with Crippen molar-refractivity contribution < 1.29 is 33.4 Å².